The molecule has 30 heavy (non-hydrogen) atoms. The predicted molar refractivity (Wildman–Crippen MR) is 117 cm³/mol. The van der Waals surface area contributed by atoms with E-state index >= 15 is 0 Å². The molecular formula is C23H36N2O5. The van der Waals surface area contributed by atoms with Gasteiger partial charge >= 0.3 is 11.9 Å². The van der Waals surface area contributed by atoms with Gasteiger partial charge in [-0.15, -0.1) is 0 Å². The SMILES string of the molecule is CCCCC(=O)OC.CCCCCC(=O)OC.Cc1ccc(-c2noc(C)n2)cc1. The number of hydrogen-bond donors (Lipinski definition) is 0. The van der Waals surface area contributed by atoms with Crippen LogP contribution in [0.1, 0.15) is 70.2 Å². The molecule has 0 aliphatic heterocycles. The maximum Gasteiger partial charge on any atom is 0.305 e. The Kier molecular flexibility index (Phi) is 15.6. The van der Waals surface area contributed by atoms with Crippen molar-refractivity contribution in [1.82, 2.24) is 10.1 Å². The molecule has 0 atom stereocenters. The molecule has 0 spiro atoms. The highest BCUT2D eigenvalue weighted by atomic mass is 16.5. The molecular weight excluding hydrogens is 384 g/mol. The van der Waals surface area contributed by atoms with E-state index in [-0.39, 0.29) is 11.9 Å². The molecule has 0 bridgehead atoms. The van der Waals surface area contributed by atoms with Crippen LogP contribution in [-0.4, -0.2) is 36.3 Å². The molecule has 1 aromatic carbocycles. The molecule has 0 unspecified atom stereocenters. The van der Waals surface area contributed by atoms with Crippen LogP contribution in [0, 0.1) is 13.8 Å². The lowest BCUT2D eigenvalue weighted by Crippen LogP contribution is -1.98. The van der Waals surface area contributed by atoms with Gasteiger partial charge in [0, 0.05) is 25.3 Å². The van der Waals surface area contributed by atoms with Crippen molar-refractivity contribution in [2.24, 2.45) is 0 Å². The van der Waals surface area contributed by atoms with Gasteiger partial charge in [-0.3, -0.25) is 9.59 Å². The van der Waals surface area contributed by atoms with Gasteiger partial charge in [-0.25, -0.2) is 0 Å². The topological polar surface area (TPSA) is 91.5 Å². The number of esters is 2. The van der Waals surface area contributed by atoms with E-state index in [2.05, 4.69) is 26.5 Å². The molecule has 2 aromatic rings. The first-order valence-corrected chi connectivity index (χ1v) is 10.4. The zero-order chi connectivity index (χ0) is 22.8. The second-order valence-corrected chi connectivity index (χ2v) is 6.72. The van der Waals surface area contributed by atoms with Crippen molar-refractivity contribution in [2.75, 3.05) is 14.2 Å². The van der Waals surface area contributed by atoms with Gasteiger partial charge < -0.3 is 14.0 Å². The molecule has 0 aliphatic rings. The number of methoxy groups -OCH3 is 2. The zero-order valence-electron chi connectivity index (χ0n) is 19.2. The highest BCUT2D eigenvalue weighted by Crippen LogP contribution is 2.15. The lowest BCUT2D eigenvalue weighted by molar-refractivity contribution is -0.141. The Labute approximate surface area is 180 Å². The number of hydrogen-bond acceptors (Lipinski definition) is 7. The lowest BCUT2D eigenvalue weighted by Gasteiger charge is -1.95. The van der Waals surface area contributed by atoms with Gasteiger partial charge in [0.15, 0.2) is 0 Å². The Hall–Kier alpha value is -2.70. The monoisotopic (exact) mass is 420 g/mol. The van der Waals surface area contributed by atoms with E-state index in [9.17, 15) is 9.59 Å². The Bertz CT molecular complexity index is 711. The van der Waals surface area contributed by atoms with Crippen molar-refractivity contribution in [3.63, 3.8) is 0 Å². The average Bonchev–Trinajstić information content (AvgIpc) is 3.19. The maximum absolute atomic E-state index is 10.5. The Morgan fingerprint density at radius 2 is 1.40 bits per heavy atom. The Balaban J connectivity index is 0.000000442. The fourth-order valence-electron chi connectivity index (χ4n) is 2.16. The van der Waals surface area contributed by atoms with Crippen LogP contribution in [0.5, 0.6) is 0 Å². The summed E-state index contributed by atoms with van der Waals surface area (Å²) in [6.07, 6.45) is 6.36. The summed E-state index contributed by atoms with van der Waals surface area (Å²) in [6, 6.07) is 8.03. The summed E-state index contributed by atoms with van der Waals surface area (Å²) in [5, 5.41) is 3.83. The van der Waals surface area contributed by atoms with E-state index in [1.54, 1.807) is 6.92 Å². The normalized spacial score (nSPS) is 9.53. The van der Waals surface area contributed by atoms with E-state index in [0.29, 0.717) is 24.6 Å². The molecule has 0 saturated heterocycles. The average molecular weight is 421 g/mol. The van der Waals surface area contributed by atoms with Crippen LogP contribution < -0.4 is 0 Å². The van der Waals surface area contributed by atoms with Crippen LogP contribution in [-0.2, 0) is 19.1 Å². The molecule has 0 aliphatic carbocycles. The second-order valence-electron chi connectivity index (χ2n) is 6.72. The van der Waals surface area contributed by atoms with Crippen molar-refractivity contribution < 1.29 is 23.6 Å². The summed E-state index contributed by atoms with van der Waals surface area (Å²) in [6.45, 7) is 7.98. The van der Waals surface area contributed by atoms with Crippen LogP contribution in [0.2, 0.25) is 0 Å². The van der Waals surface area contributed by atoms with Crippen LogP contribution in [0.25, 0.3) is 11.4 Å². The van der Waals surface area contributed by atoms with E-state index in [4.69, 9.17) is 4.52 Å². The standard InChI is InChI=1S/C10H10N2O.C7H14O2.C6H12O2/c1-7-3-5-9(6-4-7)10-11-8(2)13-12-10;1-3-4-5-6-7(8)9-2;1-3-4-5-6(7)8-2/h3-6H,1-2H3;3-6H2,1-2H3;3-5H2,1-2H3. The minimum absolute atomic E-state index is 0.0940. The minimum Gasteiger partial charge on any atom is -0.469 e. The molecule has 0 saturated carbocycles. The van der Waals surface area contributed by atoms with Crippen LogP contribution in [0.3, 0.4) is 0 Å². The van der Waals surface area contributed by atoms with Crippen molar-refractivity contribution >= 4 is 11.9 Å². The smallest absolute Gasteiger partial charge is 0.305 e. The number of unbranched alkanes of at least 4 members (excludes halogenated alkanes) is 3. The highest BCUT2D eigenvalue weighted by Gasteiger charge is 2.03. The van der Waals surface area contributed by atoms with Gasteiger partial charge in [0.2, 0.25) is 11.7 Å². The van der Waals surface area contributed by atoms with Gasteiger partial charge in [-0.05, 0) is 19.8 Å². The summed E-state index contributed by atoms with van der Waals surface area (Å²) < 4.78 is 13.8. The molecule has 0 amide bonds. The van der Waals surface area contributed by atoms with Crippen LogP contribution >= 0.6 is 0 Å². The molecule has 7 heteroatoms. The number of aryl methyl sites for hydroxylation is 2. The van der Waals surface area contributed by atoms with Gasteiger partial charge in [0.25, 0.3) is 0 Å². The molecule has 0 N–H and O–H groups in total. The fourth-order valence-corrected chi connectivity index (χ4v) is 2.16. The van der Waals surface area contributed by atoms with Gasteiger partial charge in [-0.2, -0.15) is 4.98 Å². The van der Waals surface area contributed by atoms with Crippen molar-refractivity contribution in [2.45, 2.75) is 72.6 Å². The predicted octanol–water partition coefficient (Wildman–Crippen LogP) is 5.44. The first-order valence-electron chi connectivity index (χ1n) is 10.4. The second kappa shape index (κ2) is 17.2. The van der Waals surface area contributed by atoms with Crippen molar-refractivity contribution in [3.8, 4) is 11.4 Å². The van der Waals surface area contributed by atoms with Gasteiger partial charge in [0.1, 0.15) is 0 Å². The van der Waals surface area contributed by atoms with Crippen LogP contribution in [0.15, 0.2) is 28.8 Å². The number of aromatic nitrogens is 2. The van der Waals surface area contributed by atoms with Crippen LogP contribution in [0.4, 0.5) is 0 Å². The molecule has 1 aromatic heterocycles. The molecule has 7 nitrogen and oxygen atoms in total. The van der Waals surface area contributed by atoms with E-state index in [1.807, 2.05) is 38.1 Å². The summed E-state index contributed by atoms with van der Waals surface area (Å²) >= 11 is 0. The number of carbonyl (C=O) groups is 2. The quantitative estimate of drug-likeness (QED) is 0.414. The summed E-state index contributed by atoms with van der Waals surface area (Å²) in [5.41, 5.74) is 2.21. The molecule has 168 valence electrons. The Morgan fingerprint density at radius 3 is 1.83 bits per heavy atom. The van der Waals surface area contributed by atoms with E-state index in [1.165, 1.54) is 19.8 Å². The maximum atomic E-state index is 10.5. The molecule has 2 rings (SSSR count). The third-order valence-electron chi connectivity index (χ3n) is 4.01. The fraction of sp³-hybridized carbons (Fsp3) is 0.565. The Morgan fingerprint density at radius 1 is 0.867 bits per heavy atom. The van der Waals surface area contributed by atoms with Gasteiger partial charge in [0.05, 0.1) is 14.2 Å². The zero-order valence-corrected chi connectivity index (χ0v) is 19.2. The summed E-state index contributed by atoms with van der Waals surface area (Å²) in [4.78, 5) is 24.9. The van der Waals surface area contributed by atoms with E-state index < -0.39 is 0 Å². The summed E-state index contributed by atoms with van der Waals surface area (Å²) in [5.74, 6) is 1.04. The van der Waals surface area contributed by atoms with E-state index in [0.717, 1.165) is 37.7 Å². The largest absolute Gasteiger partial charge is 0.469 e. The summed E-state index contributed by atoms with van der Waals surface area (Å²) in [7, 11) is 2.84. The number of nitrogens with zero attached hydrogens (tertiary/aromatic N) is 2. The first-order chi connectivity index (χ1) is 14.4. The number of benzene rings is 1. The molecule has 0 fully saturated rings. The lowest BCUT2D eigenvalue weighted by atomic mass is 10.1. The number of ether oxygens (including phenoxy) is 2. The van der Waals surface area contributed by atoms with Gasteiger partial charge in [-0.1, -0.05) is 68.1 Å². The number of rotatable bonds is 8. The highest BCUT2D eigenvalue weighted by molar-refractivity contribution is 5.69. The third-order valence-corrected chi connectivity index (χ3v) is 4.01. The minimum atomic E-state index is -0.105. The number of carbonyl (C=O) groups excluding carboxylic acids is 2. The third kappa shape index (κ3) is 13.5. The molecule has 1 heterocycles. The van der Waals surface area contributed by atoms with Crippen molar-refractivity contribution in [1.29, 1.82) is 0 Å². The van der Waals surface area contributed by atoms with Crippen molar-refractivity contribution in [3.05, 3.63) is 35.7 Å². The first kappa shape index (κ1) is 27.3. The molecule has 0 radical (unpaired) electrons.